The smallest absolute Gasteiger partial charge is 0.269 e. The van der Waals surface area contributed by atoms with Crippen molar-refractivity contribution < 1.29 is 14.1 Å². The third kappa shape index (κ3) is 2.12. The quantitative estimate of drug-likeness (QED) is 0.318. The summed E-state index contributed by atoms with van der Waals surface area (Å²) in [6.07, 6.45) is 2.30. The number of hydrogen-bond donors (Lipinski definition) is 0. The van der Waals surface area contributed by atoms with E-state index in [9.17, 15) is 14.9 Å². The Bertz CT molecular complexity index is 1050. The zero-order valence-corrected chi connectivity index (χ0v) is 12.9. The monoisotopic (exact) mass is 339 g/mol. The van der Waals surface area contributed by atoms with Crippen LogP contribution in [0.25, 0.3) is 27.7 Å². The van der Waals surface area contributed by atoms with E-state index in [4.69, 9.17) is 4.42 Å². The summed E-state index contributed by atoms with van der Waals surface area (Å²) in [6, 6.07) is 9.54. The SMILES string of the molecule is O=Cc1c(-c2ccc([N+](=O)[O-])cc2)nc2scc(-c3ccco3)n12. The molecule has 0 bridgehead atoms. The van der Waals surface area contributed by atoms with Crippen LogP contribution in [0.15, 0.2) is 52.5 Å². The van der Waals surface area contributed by atoms with Gasteiger partial charge in [-0.15, -0.1) is 11.3 Å². The fourth-order valence-electron chi connectivity index (χ4n) is 2.54. The fourth-order valence-corrected chi connectivity index (χ4v) is 3.42. The van der Waals surface area contributed by atoms with E-state index in [1.54, 1.807) is 28.9 Å². The molecule has 4 rings (SSSR count). The van der Waals surface area contributed by atoms with Gasteiger partial charge in [-0.1, -0.05) is 0 Å². The highest BCUT2D eigenvalue weighted by atomic mass is 32.1. The standard InChI is InChI=1S/C16H9N3O4S/c20-8-12-15(10-3-5-11(6-4-10)19(21)22)17-16-18(12)13(9-24-16)14-2-1-7-23-14/h1-9H. The number of aldehydes is 1. The first kappa shape index (κ1) is 14.3. The van der Waals surface area contributed by atoms with Crippen molar-refractivity contribution in [1.82, 2.24) is 9.38 Å². The van der Waals surface area contributed by atoms with Crippen molar-refractivity contribution >= 4 is 28.3 Å². The molecule has 0 aliphatic rings. The summed E-state index contributed by atoms with van der Waals surface area (Å²) < 4.78 is 7.14. The number of carbonyl (C=O) groups is 1. The van der Waals surface area contributed by atoms with Crippen LogP contribution in [0.2, 0.25) is 0 Å². The second kappa shape index (κ2) is 5.43. The summed E-state index contributed by atoms with van der Waals surface area (Å²) in [4.78, 5) is 27.1. The lowest BCUT2D eigenvalue weighted by Crippen LogP contribution is -1.94. The predicted octanol–water partition coefficient (Wildman–Crippen LogP) is 4.04. The van der Waals surface area contributed by atoms with Crippen molar-refractivity contribution in [2.24, 2.45) is 0 Å². The molecular weight excluding hydrogens is 330 g/mol. The molecule has 0 radical (unpaired) electrons. The lowest BCUT2D eigenvalue weighted by atomic mass is 10.1. The van der Waals surface area contributed by atoms with Gasteiger partial charge in [0.25, 0.3) is 5.69 Å². The topological polar surface area (TPSA) is 90.6 Å². The number of non-ortho nitro benzene ring substituents is 1. The molecule has 3 aromatic heterocycles. The van der Waals surface area contributed by atoms with Gasteiger partial charge in [-0.3, -0.25) is 19.3 Å². The van der Waals surface area contributed by atoms with Crippen molar-refractivity contribution in [1.29, 1.82) is 0 Å². The number of nitro benzene ring substituents is 1. The van der Waals surface area contributed by atoms with Crippen LogP contribution in [0, 0.1) is 10.1 Å². The normalized spacial score (nSPS) is 11.0. The third-order valence-corrected chi connectivity index (χ3v) is 4.46. The van der Waals surface area contributed by atoms with E-state index in [0.717, 1.165) is 12.0 Å². The van der Waals surface area contributed by atoms with Gasteiger partial charge in [0.2, 0.25) is 0 Å². The van der Waals surface area contributed by atoms with E-state index in [-0.39, 0.29) is 5.69 Å². The number of benzene rings is 1. The van der Waals surface area contributed by atoms with Crippen LogP contribution in [0.5, 0.6) is 0 Å². The first-order valence-corrected chi connectivity index (χ1v) is 7.81. The molecule has 4 aromatic rings. The van der Waals surface area contributed by atoms with Crippen LogP contribution < -0.4 is 0 Å². The Labute approximate surface area is 138 Å². The van der Waals surface area contributed by atoms with Gasteiger partial charge in [0, 0.05) is 23.1 Å². The van der Waals surface area contributed by atoms with Crippen LogP contribution in [0.4, 0.5) is 5.69 Å². The maximum atomic E-state index is 11.7. The van der Waals surface area contributed by atoms with Crippen LogP contribution in [0.1, 0.15) is 10.5 Å². The first-order chi connectivity index (χ1) is 11.7. The highest BCUT2D eigenvalue weighted by Gasteiger charge is 2.20. The predicted molar refractivity (Wildman–Crippen MR) is 88.2 cm³/mol. The number of hydrogen-bond acceptors (Lipinski definition) is 6. The van der Waals surface area contributed by atoms with Gasteiger partial charge in [-0.25, -0.2) is 4.98 Å². The summed E-state index contributed by atoms with van der Waals surface area (Å²) in [6.45, 7) is 0. The van der Waals surface area contributed by atoms with Gasteiger partial charge in [0.1, 0.15) is 17.1 Å². The Morgan fingerprint density at radius 2 is 2.04 bits per heavy atom. The largest absolute Gasteiger partial charge is 0.463 e. The Hall–Kier alpha value is -3.26. The number of aromatic nitrogens is 2. The van der Waals surface area contributed by atoms with E-state index in [2.05, 4.69) is 4.98 Å². The number of furan rings is 1. The number of nitrogens with zero attached hydrogens (tertiary/aromatic N) is 3. The average Bonchev–Trinajstić information content (AvgIpc) is 3.30. The first-order valence-electron chi connectivity index (χ1n) is 6.93. The van der Waals surface area contributed by atoms with E-state index >= 15 is 0 Å². The molecule has 3 heterocycles. The van der Waals surface area contributed by atoms with E-state index in [0.29, 0.717) is 27.7 Å². The van der Waals surface area contributed by atoms with Crippen LogP contribution in [-0.2, 0) is 0 Å². The number of imidazole rings is 1. The van der Waals surface area contributed by atoms with Crippen molar-refractivity contribution in [2.75, 3.05) is 0 Å². The highest BCUT2D eigenvalue weighted by Crippen LogP contribution is 2.32. The molecule has 0 N–H and O–H groups in total. The molecule has 0 aliphatic carbocycles. The average molecular weight is 339 g/mol. The Balaban J connectivity index is 1.90. The zero-order chi connectivity index (χ0) is 16.7. The number of carbonyl (C=O) groups excluding carboxylic acids is 1. The number of thiazole rings is 1. The van der Waals surface area contributed by atoms with Crippen molar-refractivity contribution in [2.45, 2.75) is 0 Å². The Morgan fingerprint density at radius 3 is 2.67 bits per heavy atom. The van der Waals surface area contributed by atoms with Crippen molar-refractivity contribution in [3.8, 4) is 22.7 Å². The number of rotatable bonds is 4. The Kier molecular flexibility index (Phi) is 3.24. The lowest BCUT2D eigenvalue weighted by Gasteiger charge is -2.00. The molecule has 0 atom stereocenters. The molecule has 0 fully saturated rings. The molecule has 0 aliphatic heterocycles. The highest BCUT2D eigenvalue weighted by molar-refractivity contribution is 7.15. The maximum Gasteiger partial charge on any atom is 0.269 e. The van der Waals surface area contributed by atoms with Gasteiger partial charge in [-0.05, 0) is 24.3 Å². The molecule has 0 unspecified atom stereocenters. The summed E-state index contributed by atoms with van der Waals surface area (Å²) in [5.41, 5.74) is 2.24. The van der Waals surface area contributed by atoms with Crippen LogP contribution >= 0.6 is 11.3 Å². The third-order valence-electron chi connectivity index (χ3n) is 3.64. The molecule has 24 heavy (non-hydrogen) atoms. The van der Waals surface area contributed by atoms with Gasteiger partial charge >= 0.3 is 0 Å². The maximum absolute atomic E-state index is 11.7. The second-order valence-corrected chi connectivity index (χ2v) is 5.82. The van der Waals surface area contributed by atoms with E-state index < -0.39 is 4.92 Å². The minimum absolute atomic E-state index is 0.0105. The Morgan fingerprint density at radius 1 is 1.25 bits per heavy atom. The van der Waals surface area contributed by atoms with Gasteiger partial charge in [0.15, 0.2) is 17.0 Å². The van der Waals surface area contributed by atoms with Gasteiger partial charge in [-0.2, -0.15) is 0 Å². The minimum atomic E-state index is -0.467. The van der Waals surface area contributed by atoms with E-state index in [1.807, 2.05) is 11.4 Å². The molecular formula is C16H9N3O4S. The number of nitro groups is 1. The van der Waals surface area contributed by atoms with E-state index in [1.165, 1.54) is 23.5 Å². The van der Waals surface area contributed by atoms with Crippen molar-refractivity contribution in [3.63, 3.8) is 0 Å². The van der Waals surface area contributed by atoms with Crippen LogP contribution in [-0.4, -0.2) is 20.6 Å². The second-order valence-electron chi connectivity index (χ2n) is 4.98. The fraction of sp³-hybridized carbons (Fsp3) is 0. The van der Waals surface area contributed by atoms with Crippen LogP contribution in [0.3, 0.4) is 0 Å². The molecule has 0 saturated heterocycles. The minimum Gasteiger partial charge on any atom is -0.463 e. The zero-order valence-electron chi connectivity index (χ0n) is 12.1. The number of fused-ring (bicyclic) bond motifs is 1. The molecule has 8 heteroatoms. The van der Waals surface area contributed by atoms with Gasteiger partial charge in [0.05, 0.1) is 11.2 Å². The summed E-state index contributed by atoms with van der Waals surface area (Å²) >= 11 is 1.39. The molecule has 0 spiro atoms. The van der Waals surface area contributed by atoms with Gasteiger partial charge < -0.3 is 4.42 Å². The molecule has 118 valence electrons. The van der Waals surface area contributed by atoms with Crippen molar-refractivity contribution in [3.05, 3.63) is 63.8 Å². The summed E-state index contributed by atoms with van der Waals surface area (Å²) in [7, 11) is 0. The molecule has 7 nitrogen and oxygen atoms in total. The molecule has 1 aromatic carbocycles. The lowest BCUT2D eigenvalue weighted by molar-refractivity contribution is -0.384. The molecule has 0 saturated carbocycles. The molecule has 0 amide bonds. The summed E-state index contributed by atoms with van der Waals surface area (Å²) in [5.74, 6) is 0.636. The summed E-state index contributed by atoms with van der Waals surface area (Å²) in [5, 5.41) is 12.6.